The number of methoxy groups -OCH3 is 4. The van der Waals surface area contributed by atoms with Crippen molar-refractivity contribution in [2.24, 2.45) is 5.10 Å². The Morgan fingerprint density at radius 1 is 1.03 bits per heavy atom. The van der Waals surface area contributed by atoms with E-state index in [0.717, 1.165) is 10.1 Å². The molecule has 152 valence electrons. The smallest absolute Gasteiger partial charge is 0.283 e. The summed E-state index contributed by atoms with van der Waals surface area (Å²) >= 11 is 7.64. The molecule has 2 aromatic carbocycles. The number of nitrogens with one attached hydrogen (secondary N) is 1. The summed E-state index contributed by atoms with van der Waals surface area (Å²) in [6, 6.07) is 8.92. The molecule has 0 aliphatic rings. The maximum Gasteiger partial charge on any atom is 0.283 e. The van der Waals surface area contributed by atoms with Crippen molar-refractivity contribution < 1.29 is 23.7 Å². The van der Waals surface area contributed by atoms with Crippen LogP contribution in [0, 0.1) is 0 Å². The van der Waals surface area contributed by atoms with Gasteiger partial charge in [-0.2, -0.15) is 5.10 Å². The molecule has 0 spiro atoms. The maximum absolute atomic E-state index is 12.6. The molecule has 9 heteroatoms. The minimum Gasteiger partial charge on any atom is -0.497 e. The third-order valence-corrected chi connectivity index (χ3v) is 5.80. The van der Waals surface area contributed by atoms with E-state index < -0.39 is 5.91 Å². The fourth-order valence-corrected chi connectivity index (χ4v) is 4.19. The minimum absolute atomic E-state index is 0.367. The number of thiophene rings is 1. The van der Waals surface area contributed by atoms with E-state index in [1.165, 1.54) is 38.9 Å². The quantitative estimate of drug-likeness (QED) is 0.441. The van der Waals surface area contributed by atoms with Crippen LogP contribution in [0.15, 0.2) is 35.4 Å². The van der Waals surface area contributed by atoms with Gasteiger partial charge >= 0.3 is 0 Å². The summed E-state index contributed by atoms with van der Waals surface area (Å²) in [5.74, 6) is 1.69. The molecule has 0 fully saturated rings. The van der Waals surface area contributed by atoms with Crippen molar-refractivity contribution >= 4 is 45.1 Å². The highest BCUT2D eigenvalue weighted by atomic mass is 35.5. The monoisotopic (exact) mass is 434 g/mol. The van der Waals surface area contributed by atoms with Gasteiger partial charge in [-0.1, -0.05) is 11.6 Å². The van der Waals surface area contributed by atoms with Gasteiger partial charge in [-0.15, -0.1) is 11.3 Å². The molecule has 0 unspecified atom stereocenters. The van der Waals surface area contributed by atoms with Crippen molar-refractivity contribution in [3.05, 3.63) is 45.8 Å². The number of rotatable bonds is 7. The molecule has 1 aromatic heterocycles. The number of halogens is 1. The first kappa shape index (κ1) is 20.8. The van der Waals surface area contributed by atoms with Crippen LogP contribution in [0.25, 0.3) is 10.1 Å². The lowest BCUT2D eigenvalue weighted by Gasteiger charge is -2.13. The number of amides is 1. The highest BCUT2D eigenvalue weighted by molar-refractivity contribution is 7.21. The SMILES string of the molecule is COc1ccc2c(Cl)c(C(=O)NN=Cc3ccc(OC)c(OC)c3OC)sc2c1. The van der Waals surface area contributed by atoms with Gasteiger partial charge in [0.25, 0.3) is 5.91 Å². The summed E-state index contributed by atoms with van der Waals surface area (Å²) in [7, 11) is 6.15. The first-order valence-electron chi connectivity index (χ1n) is 8.42. The number of hydrazone groups is 1. The van der Waals surface area contributed by atoms with Crippen LogP contribution in [0.5, 0.6) is 23.0 Å². The summed E-state index contributed by atoms with van der Waals surface area (Å²) in [5.41, 5.74) is 3.10. The van der Waals surface area contributed by atoms with Crippen LogP contribution >= 0.6 is 22.9 Å². The molecule has 1 amide bonds. The van der Waals surface area contributed by atoms with E-state index in [-0.39, 0.29) is 0 Å². The summed E-state index contributed by atoms with van der Waals surface area (Å²) < 4.78 is 22.0. The molecule has 0 saturated carbocycles. The second-order valence-corrected chi connectivity index (χ2v) is 7.16. The van der Waals surface area contributed by atoms with Crippen molar-refractivity contribution in [2.45, 2.75) is 0 Å². The second kappa shape index (κ2) is 9.02. The molecule has 0 radical (unpaired) electrons. The largest absolute Gasteiger partial charge is 0.497 e. The number of nitrogens with zero attached hydrogens (tertiary/aromatic N) is 1. The van der Waals surface area contributed by atoms with E-state index in [0.29, 0.717) is 38.5 Å². The van der Waals surface area contributed by atoms with Crippen LogP contribution in [-0.2, 0) is 0 Å². The predicted molar refractivity (Wildman–Crippen MR) is 115 cm³/mol. The number of benzene rings is 2. The number of carbonyl (C=O) groups excluding carboxylic acids is 1. The van der Waals surface area contributed by atoms with Gasteiger partial charge in [-0.25, -0.2) is 5.43 Å². The van der Waals surface area contributed by atoms with E-state index in [2.05, 4.69) is 10.5 Å². The Balaban J connectivity index is 1.83. The van der Waals surface area contributed by atoms with Gasteiger partial charge in [0, 0.05) is 15.6 Å². The molecule has 1 heterocycles. The number of fused-ring (bicyclic) bond motifs is 1. The topological polar surface area (TPSA) is 78.4 Å². The van der Waals surface area contributed by atoms with E-state index in [4.69, 9.17) is 30.5 Å². The van der Waals surface area contributed by atoms with Gasteiger partial charge < -0.3 is 18.9 Å². The lowest BCUT2D eigenvalue weighted by molar-refractivity contribution is 0.0959. The van der Waals surface area contributed by atoms with Crippen molar-refractivity contribution in [1.29, 1.82) is 0 Å². The molecular weight excluding hydrogens is 416 g/mol. The van der Waals surface area contributed by atoms with Crippen LogP contribution in [0.1, 0.15) is 15.2 Å². The van der Waals surface area contributed by atoms with Gasteiger partial charge in [0.05, 0.1) is 39.7 Å². The molecule has 0 aliphatic heterocycles. The Morgan fingerprint density at radius 2 is 1.79 bits per heavy atom. The number of carbonyl (C=O) groups is 1. The van der Waals surface area contributed by atoms with Crippen LogP contribution < -0.4 is 24.4 Å². The second-order valence-electron chi connectivity index (χ2n) is 5.73. The van der Waals surface area contributed by atoms with E-state index in [1.54, 1.807) is 25.3 Å². The molecule has 3 rings (SSSR count). The van der Waals surface area contributed by atoms with Crippen molar-refractivity contribution in [1.82, 2.24) is 5.43 Å². The zero-order valence-corrected chi connectivity index (χ0v) is 17.8. The number of hydrogen-bond acceptors (Lipinski definition) is 7. The summed E-state index contributed by atoms with van der Waals surface area (Å²) in [6.07, 6.45) is 1.46. The van der Waals surface area contributed by atoms with E-state index in [1.807, 2.05) is 12.1 Å². The standard InChI is InChI=1S/C20H19ClN2O5S/c1-25-12-6-7-13-15(9-12)29-19(16(13)21)20(24)23-22-10-11-5-8-14(26-2)18(28-4)17(11)27-3/h5-10H,1-4H3,(H,23,24). The Hall–Kier alpha value is -2.97. The molecule has 29 heavy (non-hydrogen) atoms. The van der Waals surface area contributed by atoms with Crippen molar-refractivity contribution in [2.75, 3.05) is 28.4 Å². The van der Waals surface area contributed by atoms with E-state index >= 15 is 0 Å². The molecule has 0 bridgehead atoms. The highest BCUT2D eigenvalue weighted by Gasteiger charge is 2.18. The fourth-order valence-electron chi connectivity index (χ4n) is 2.76. The summed E-state index contributed by atoms with van der Waals surface area (Å²) in [6.45, 7) is 0. The average Bonchev–Trinajstić information content (AvgIpc) is 3.08. The minimum atomic E-state index is -0.411. The Labute approximate surface area is 176 Å². The lowest BCUT2D eigenvalue weighted by Crippen LogP contribution is -2.16. The zero-order chi connectivity index (χ0) is 21.0. The molecule has 1 N–H and O–H groups in total. The van der Waals surface area contributed by atoms with Gasteiger partial charge in [-0.3, -0.25) is 4.79 Å². The van der Waals surface area contributed by atoms with Crippen molar-refractivity contribution in [3.8, 4) is 23.0 Å². The molecule has 0 aliphatic carbocycles. The van der Waals surface area contributed by atoms with Crippen LogP contribution in [0.2, 0.25) is 5.02 Å². The lowest BCUT2D eigenvalue weighted by atomic mass is 10.2. The summed E-state index contributed by atoms with van der Waals surface area (Å²) in [5, 5.41) is 5.19. The molecule has 0 atom stereocenters. The first-order valence-corrected chi connectivity index (χ1v) is 9.61. The highest BCUT2D eigenvalue weighted by Crippen LogP contribution is 2.39. The summed E-state index contributed by atoms with van der Waals surface area (Å²) in [4.78, 5) is 12.9. The number of ether oxygens (including phenoxy) is 4. The third kappa shape index (κ3) is 4.08. The molecular formula is C20H19ClN2O5S. The Morgan fingerprint density at radius 3 is 2.45 bits per heavy atom. The van der Waals surface area contributed by atoms with Crippen LogP contribution in [0.3, 0.4) is 0 Å². The van der Waals surface area contributed by atoms with Gasteiger partial charge in [0.15, 0.2) is 11.5 Å². The molecule has 0 saturated heterocycles. The van der Waals surface area contributed by atoms with Crippen LogP contribution in [-0.4, -0.2) is 40.6 Å². The van der Waals surface area contributed by atoms with E-state index in [9.17, 15) is 4.79 Å². The van der Waals surface area contributed by atoms with Crippen LogP contribution in [0.4, 0.5) is 0 Å². The normalized spacial score (nSPS) is 10.9. The third-order valence-electron chi connectivity index (χ3n) is 4.15. The predicted octanol–water partition coefficient (Wildman–Crippen LogP) is 4.35. The Bertz CT molecular complexity index is 1080. The van der Waals surface area contributed by atoms with Gasteiger partial charge in [-0.05, 0) is 30.3 Å². The average molecular weight is 435 g/mol. The fraction of sp³-hybridized carbons (Fsp3) is 0.200. The van der Waals surface area contributed by atoms with Crippen molar-refractivity contribution in [3.63, 3.8) is 0 Å². The van der Waals surface area contributed by atoms with Gasteiger partial charge in [0.1, 0.15) is 10.6 Å². The van der Waals surface area contributed by atoms with Gasteiger partial charge in [0.2, 0.25) is 5.75 Å². The maximum atomic E-state index is 12.6. The number of hydrogen-bond donors (Lipinski definition) is 1. The first-order chi connectivity index (χ1) is 14.0. The molecule has 7 nitrogen and oxygen atoms in total. The zero-order valence-electron chi connectivity index (χ0n) is 16.2. The molecule has 3 aromatic rings. The Kier molecular flexibility index (Phi) is 6.46.